The van der Waals surface area contributed by atoms with Crippen molar-refractivity contribution in [2.75, 3.05) is 11.5 Å². The first kappa shape index (κ1) is 25.1. The molecule has 5 N–H and O–H groups in total. The summed E-state index contributed by atoms with van der Waals surface area (Å²) in [6, 6.07) is 12.1. The van der Waals surface area contributed by atoms with Gasteiger partial charge < -0.3 is 15.9 Å². The number of carboxylic acid groups (broad SMARTS) is 1. The summed E-state index contributed by atoms with van der Waals surface area (Å²) in [7, 11) is -3.04. The minimum Gasteiger partial charge on any atom is -0.480 e. The van der Waals surface area contributed by atoms with E-state index < -0.39 is 27.3 Å². The highest BCUT2D eigenvalue weighted by Crippen LogP contribution is 2.33. The lowest BCUT2D eigenvalue weighted by Crippen LogP contribution is -2.33. The fraction of sp³-hybridized carbons (Fsp3) is 0.381. The fourth-order valence-corrected chi connectivity index (χ4v) is 5.56. The molecule has 2 aromatic rings. The number of carbonyl (C=O) groups is 1. The summed E-state index contributed by atoms with van der Waals surface area (Å²) >= 11 is 8.54. The zero-order valence-corrected chi connectivity index (χ0v) is 20.3. The molecule has 0 saturated heterocycles. The van der Waals surface area contributed by atoms with E-state index in [2.05, 4.69) is 22.6 Å². The molecule has 0 heterocycles. The van der Waals surface area contributed by atoms with Crippen molar-refractivity contribution >= 4 is 49.9 Å². The average Bonchev–Trinajstić information content (AvgIpc) is 2.70. The first-order valence-electron chi connectivity index (χ1n) is 9.48. The molecular formula is C21H26ClIN2O4S. The van der Waals surface area contributed by atoms with Crippen LogP contribution in [-0.4, -0.2) is 37.9 Å². The maximum absolute atomic E-state index is 12.5. The van der Waals surface area contributed by atoms with Gasteiger partial charge in [-0.25, -0.2) is 4.21 Å². The smallest absolute Gasteiger partial charge is 0.320 e. The number of nitrogens with two attached hydrogens (primary N) is 1. The molecule has 0 aliphatic heterocycles. The molecule has 0 radical (unpaired) electrons. The average molecular weight is 565 g/mol. The summed E-state index contributed by atoms with van der Waals surface area (Å²) in [5.74, 6) is -1.32. The minimum atomic E-state index is -3.04. The second kappa shape index (κ2) is 10.4. The Labute approximate surface area is 195 Å². The fourth-order valence-electron chi connectivity index (χ4n) is 3.09. The van der Waals surface area contributed by atoms with Gasteiger partial charge in [0.25, 0.3) is 0 Å². The highest BCUT2D eigenvalue weighted by atomic mass is 127. The van der Waals surface area contributed by atoms with Crippen LogP contribution in [0, 0.1) is 8.35 Å². The number of hydrogen-bond acceptors (Lipinski definition) is 5. The lowest BCUT2D eigenvalue weighted by Gasteiger charge is -2.28. The predicted octanol–water partition coefficient (Wildman–Crippen LogP) is 4.45. The molecule has 0 amide bonds. The third kappa shape index (κ3) is 6.65. The summed E-state index contributed by atoms with van der Waals surface area (Å²) in [4.78, 5) is 10.8. The van der Waals surface area contributed by atoms with Gasteiger partial charge in [-0.2, -0.15) is 0 Å². The molecule has 2 unspecified atom stereocenters. The molecule has 6 nitrogen and oxygen atoms in total. The molecule has 3 atom stereocenters. The standard InChI is InChI=1S/C21H26ClIN2O4S/c1-2-21(28,10-12-30(25,29)11-9-19(24)20(26)27)15-5-3-14(4-6-15)17-8-7-16(23)13-18(17)22/h3-8,13,19,25,28H,2,9-12,24H2,1H3,(H,26,27)/t19-,21?,30?/m0/s1. The van der Waals surface area contributed by atoms with Gasteiger partial charge in [-0.1, -0.05) is 48.9 Å². The van der Waals surface area contributed by atoms with Gasteiger partial charge >= 0.3 is 5.97 Å². The number of nitrogens with one attached hydrogen (secondary N) is 1. The Morgan fingerprint density at radius 3 is 2.43 bits per heavy atom. The first-order valence-corrected chi connectivity index (χ1v) is 12.8. The van der Waals surface area contributed by atoms with Crippen LogP contribution in [0.4, 0.5) is 0 Å². The van der Waals surface area contributed by atoms with E-state index in [0.717, 1.165) is 14.7 Å². The van der Waals surface area contributed by atoms with Crippen molar-refractivity contribution in [2.45, 2.75) is 37.8 Å². The van der Waals surface area contributed by atoms with Gasteiger partial charge in [0.1, 0.15) is 6.04 Å². The van der Waals surface area contributed by atoms with E-state index in [9.17, 15) is 14.1 Å². The second-order valence-electron chi connectivity index (χ2n) is 7.29. The lowest BCUT2D eigenvalue weighted by molar-refractivity contribution is -0.138. The zero-order chi connectivity index (χ0) is 22.5. The number of benzene rings is 2. The lowest BCUT2D eigenvalue weighted by atomic mass is 9.87. The van der Waals surface area contributed by atoms with Crippen molar-refractivity contribution in [2.24, 2.45) is 5.73 Å². The van der Waals surface area contributed by atoms with Crippen molar-refractivity contribution in [3.63, 3.8) is 0 Å². The first-order chi connectivity index (χ1) is 14.0. The Kier molecular flexibility index (Phi) is 8.70. The quantitative estimate of drug-likeness (QED) is 0.318. The molecular weight excluding hydrogens is 539 g/mol. The van der Waals surface area contributed by atoms with E-state index >= 15 is 0 Å². The summed E-state index contributed by atoms with van der Waals surface area (Å²) in [5.41, 5.74) is 6.70. The Morgan fingerprint density at radius 1 is 1.27 bits per heavy atom. The van der Waals surface area contributed by atoms with Gasteiger partial charge in [-0.05, 0) is 65.1 Å². The monoisotopic (exact) mass is 564 g/mol. The van der Waals surface area contributed by atoms with Crippen LogP contribution in [0.15, 0.2) is 42.5 Å². The molecule has 9 heteroatoms. The molecule has 30 heavy (non-hydrogen) atoms. The van der Waals surface area contributed by atoms with Crippen molar-refractivity contribution in [3.05, 3.63) is 56.6 Å². The molecule has 0 aromatic heterocycles. The number of aliphatic hydroxyl groups is 1. The van der Waals surface area contributed by atoms with Gasteiger partial charge in [-0.3, -0.25) is 9.57 Å². The summed E-state index contributed by atoms with van der Waals surface area (Å²) in [6.45, 7) is 1.83. The van der Waals surface area contributed by atoms with Crippen LogP contribution in [0.1, 0.15) is 31.7 Å². The molecule has 0 fully saturated rings. The second-order valence-corrected chi connectivity index (χ2v) is 11.4. The molecule has 0 aliphatic rings. The summed E-state index contributed by atoms with van der Waals surface area (Å²) in [6.07, 6.45) is 0.492. The van der Waals surface area contributed by atoms with E-state index in [-0.39, 0.29) is 24.3 Å². The maximum atomic E-state index is 12.5. The van der Waals surface area contributed by atoms with E-state index in [1.165, 1.54) is 0 Å². The van der Waals surface area contributed by atoms with Crippen LogP contribution in [-0.2, 0) is 20.1 Å². The third-order valence-corrected chi connectivity index (χ3v) is 7.91. The van der Waals surface area contributed by atoms with Crippen LogP contribution in [0.2, 0.25) is 5.02 Å². The van der Waals surface area contributed by atoms with E-state index in [1.807, 2.05) is 49.4 Å². The summed E-state index contributed by atoms with van der Waals surface area (Å²) < 4.78 is 21.6. The third-order valence-electron chi connectivity index (χ3n) is 5.17. The maximum Gasteiger partial charge on any atom is 0.320 e. The van der Waals surface area contributed by atoms with Crippen LogP contribution < -0.4 is 5.73 Å². The van der Waals surface area contributed by atoms with Gasteiger partial charge in [0.05, 0.1) is 5.60 Å². The molecule has 2 aromatic carbocycles. The van der Waals surface area contributed by atoms with Crippen LogP contribution >= 0.6 is 34.2 Å². The van der Waals surface area contributed by atoms with E-state index in [0.29, 0.717) is 17.0 Å². The predicted molar refractivity (Wildman–Crippen MR) is 129 cm³/mol. The van der Waals surface area contributed by atoms with Crippen molar-refractivity contribution in [3.8, 4) is 11.1 Å². The zero-order valence-electron chi connectivity index (χ0n) is 16.6. The Balaban J connectivity index is 2.12. The van der Waals surface area contributed by atoms with Crippen molar-refractivity contribution < 1.29 is 19.2 Å². The van der Waals surface area contributed by atoms with Gasteiger partial charge in [-0.15, -0.1) is 0 Å². The number of hydrogen-bond donors (Lipinski definition) is 4. The van der Waals surface area contributed by atoms with Crippen LogP contribution in [0.5, 0.6) is 0 Å². The van der Waals surface area contributed by atoms with E-state index in [1.54, 1.807) is 0 Å². The molecule has 0 saturated carbocycles. The van der Waals surface area contributed by atoms with Gasteiger partial charge in [0.2, 0.25) is 0 Å². The van der Waals surface area contributed by atoms with Crippen LogP contribution in [0.3, 0.4) is 0 Å². The minimum absolute atomic E-state index is 0.0334. The SMILES string of the molecule is CCC(O)(CCS(=N)(=O)CC[C@H](N)C(=O)O)c1ccc(-c2ccc(I)cc2Cl)cc1. The van der Waals surface area contributed by atoms with Gasteiger partial charge in [0.15, 0.2) is 0 Å². The molecule has 2 rings (SSSR count). The Bertz CT molecular complexity index is 999. The molecule has 0 aliphatic carbocycles. The molecule has 0 spiro atoms. The summed E-state index contributed by atoms with van der Waals surface area (Å²) in [5, 5.41) is 20.6. The Morgan fingerprint density at radius 2 is 1.90 bits per heavy atom. The number of rotatable bonds is 10. The van der Waals surface area contributed by atoms with Crippen molar-refractivity contribution in [1.82, 2.24) is 0 Å². The van der Waals surface area contributed by atoms with Gasteiger partial charge in [0, 0.05) is 35.4 Å². The van der Waals surface area contributed by atoms with Crippen LogP contribution in [0.25, 0.3) is 11.1 Å². The number of halogens is 2. The number of carboxylic acids is 1. The van der Waals surface area contributed by atoms with E-state index in [4.69, 9.17) is 27.2 Å². The largest absolute Gasteiger partial charge is 0.480 e. The highest BCUT2D eigenvalue weighted by molar-refractivity contribution is 14.1. The Hall–Kier alpha value is -1.20. The molecule has 164 valence electrons. The number of aliphatic carboxylic acids is 1. The molecule has 0 bridgehead atoms. The highest BCUT2D eigenvalue weighted by Gasteiger charge is 2.29. The topological polar surface area (TPSA) is 124 Å². The normalized spacial score (nSPS) is 16.4. The van der Waals surface area contributed by atoms with Crippen molar-refractivity contribution in [1.29, 1.82) is 4.78 Å².